The Kier molecular flexibility index (Phi) is 7.87. The zero-order valence-corrected chi connectivity index (χ0v) is 20.2. The van der Waals surface area contributed by atoms with E-state index in [9.17, 15) is 4.79 Å². The summed E-state index contributed by atoms with van der Waals surface area (Å²) in [6.45, 7) is 6.41. The molecule has 3 aromatic rings. The van der Waals surface area contributed by atoms with Crippen LogP contribution in [0.3, 0.4) is 0 Å². The molecule has 0 unspecified atom stereocenters. The molecule has 2 aromatic carbocycles. The number of hydrogen-bond acceptors (Lipinski definition) is 6. The topological polar surface area (TPSA) is 66.9 Å². The van der Waals surface area contributed by atoms with Gasteiger partial charge in [-0.25, -0.2) is 0 Å². The predicted molar refractivity (Wildman–Crippen MR) is 135 cm³/mol. The molecule has 0 atom stereocenters. The molecule has 1 amide bonds. The van der Waals surface area contributed by atoms with Crippen LogP contribution < -0.4 is 19.7 Å². The Morgan fingerprint density at radius 2 is 1.88 bits per heavy atom. The van der Waals surface area contributed by atoms with E-state index in [1.54, 1.807) is 36.7 Å². The van der Waals surface area contributed by atoms with Crippen molar-refractivity contribution in [3.63, 3.8) is 0 Å². The molecule has 0 saturated carbocycles. The summed E-state index contributed by atoms with van der Waals surface area (Å²) in [4.78, 5) is 21.8. The number of anilines is 2. The molecule has 8 heteroatoms. The molecule has 1 aliphatic heterocycles. The summed E-state index contributed by atoms with van der Waals surface area (Å²) in [5, 5.41) is 3.61. The summed E-state index contributed by atoms with van der Waals surface area (Å²) < 4.78 is 11.7. The van der Waals surface area contributed by atoms with Crippen molar-refractivity contribution in [3.05, 3.63) is 77.1 Å². The van der Waals surface area contributed by atoms with E-state index in [4.69, 9.17) is 21.1 Å². The molecule has 34 heavy (non-hydrogen) atoms. The van der Waals surface area contributed by atoms with Gasteiger partial charge in [0.25, 0.3) is 5.91 Å². The van der Waals surface area contributed by atoms with Gasteiger partial charge in [-0.2, -0.15) is 0 Å². The molecule has 7 nitrogen and oxygen atoms in total. The Hall–Kier alpha value is -3.29. The highest BCUT2D eigenvalue weighted by Crippen LogP contribution is 2.32. The summed E-state index contributed by atoms with van der Waals surface area (Å²) in [6.07, 6.45) is 3.47. The Morgan fingerprint density at radius 1 is 1.06 bits per heavy atom. The maximum Gasteiger partial charge on any atom is 0.255 e. The number of nitrogens with zero attached hydrogens (tertiary/aromatic N) is 3. The van der Waals surface area contributed by atoms with Crippen molar-refractivity contribution >= 4 is 28.9 Å². The first kappa shape index (κ1) is 23.9. The lowest BCUT2D eigenvalue weighted by Crippen LogP contribution is -2.44. The van der Waals surface area contributed by atoms with Crippen LogP contribution in [0.25, 0.3) is 0 Å². The molecular formula is C26H29ClN4O3. The van der Waals surface area contributed by atoms with Crippen molar-refractivity contribution in [1.82, 2.24) is 9.88 Å². The Morgan fingerprint density at radius 3 is 2.62 bits per heavy atom. The van der Waals surface area contributed by atoms with Crippen LogP contribution in [0, 0.1) is 0 Å². The predicted octanol–water partition coefficient (Wildman–Crippen LogP) is 4.72. The first-order valence-corrected chi connectivity index (χ1v) is 11.7. The Bertz CT molecular complexity index is 1120. The van der Waals surface area contributed by atoms with Crippen molar-refractivity contribution in [1.29, 1.82) is 0 Å². The van der Waals surface area contributed by atoms with E-state index in [1.165, 1.54) is 0 Å². The lowest BCUT2D eigenvalue weighted by Gasteiger charge is -2.35. The lowest BCUT2D eigenvalue weighted by atomic mass is 10.1. The van der Waals surface area contributed by atoms with Crippen molar-refractivity contribution in [2.45, 2.75) is 13.5 Å². The van der Waals surface area contributed by atoms with Crippen LogP contribution in [0.5, 0.6) is 11.5 Å². The number of amides is 1. The van der Waals surface area contributed by atoms with Gasteiger partial charge in [0.05, 0.1) is 18.0 Å². The standard InChI is InChI=1S/C26H29ClN4O3/c1-3-33-25-15-20(6-9-24(25)34-18-19-5-4-10-28-17-19)26(32)29-22-16-21(27)7-8-23(22)31-13-11-30(2)12-14-31/h4-10,15-17H,3,11-14,18H2,1-2H3,(H,29,32). The number of halogens is 1. The maximum atomic E-state index is 13.2. The fraction of sp³-hybridized carbons (Fsp3) is 0.308. The van der Waals surface area contributed by atoms with Crippen LogP contribution in [0.15, 0.2) is 60.9 Å². The van der Waals surface area contributed by atoms with Crippen LogP contribution in [-0.4, -0.2) is 55.6 Å². The molecule has 1 aliphatic rings. The van der Waals surface area contributed by atoms with Crippen molar-refractivity contribution in [3.8, 4) is 11.5 Å². The van der Waals surface area contributed by atoms with Gasteiger partial charge >= 0.3 is 0 Å². The van der Waals surface area contributed by atoms with E-state index in [1.807, 2.05) is 31.2 Å². The highest BCUT2D eigenvalue weighted by Gasteiger charge is 2.19. The van der Waals surface area contributed by atoms with Gasteiger partial charge in [-0.3, -0.25) is 9.78 Å². The summed E-state index contributed by atoms with van der Waals surface area (Å²) in [5.41, 5.74) is 3.08. The molecule has 1 saturated heterocycles. The van der Waals surface area contributed by atoms with E-state index >= 15 is 0 Å². The summed E-state index contributed by atoms with van der Waals surface area (Å²) in [5.74, 6) is 0.852. The van der Waals surface area contributed by atoms with E-state index in [0.29, 0.717) is 41.0 Å². The van der Waals surface area contributed by atoms with Crippen LogP contribution in [0.4, 0.5) is 11.4 Å². The third kappa shape index (κ3) is 5.98. The van der Waals surface area contributed by atoms with E-state index in [0.717, 1.165) is 37.4 Å². The second-order valence-corrected chi connectivity index (χ2v) is 8.59. The van der Waals surface area contributed by atoms with Crippen LogP contribution in [0.2, 0.25) is 5.02 Å². The van der Waals surface area contributed by atoms with E-state index in [-0.39, 0.29) is 5.91 Å². The molecule has 4 rings (SSSR count). The minimum Gasteiger partial charge on any atom is -0.490 e. The SMILES string of the molecule is CCOc1cc(C(=O)Nc2cc(Cl)ccc2N2CCN(C)CC2)ccc1OCc1cccnc1. The number of pyridine rings is 1. The smallest absolute Gasteiger partial charge is 0.255 e. The first-order chi connectivity index (χ1) is 16.5. The zero-order valence-electron chi connectivity index (χ0n) is 19.5. The largest absolute Gasteiger partial charge is 0.490 e. The number of carbonyl (C=O) groups excluding carboxylic acids is 1. The average Bonchev–Trinajstić information content (AvgIpc) is 2.85. The third-order valence-electron chi connectivity index (χ3n) is 5.67. The number of piperazine rings is 1. The molecule has 2 heterocycles. The Labute approximate surface area is 205 Å². The fourth-order valence-electron chi connectivity index (χ4n) is 3.81. The van der Waals surface area contributed by atoms with Crippen molar-refractivity contribution in [2.75, 3.05) is 50.1 Å². The van der Waals surface area contributed by atoms with Gasteiger partial charge in [-0.15, -0.1) is 0 Å². The second kappa shape index (κ2) is 11.2. The molecule has 0 radical (unpaired) electrons. The molecule has 0 bridgehead atoms. The van der Waals surface area contributed by atoms with E-state index in [2.05, 4.69) is 27.1 Å². The number of ether oxygens (including phenoxy) is 2. The average molecular weight is 481 g/mol. The van der Waals surface area contributed by atoms with Gasteiger partial charge < -0.3 is 24.6 Å². The normalized spacial score (nSPS) is 14.0. The summed E-state index contributed by atoms with van der Waals surface area (Å²) in [7, 11) is 2.11. The van der Waals surface area contributed by atoms with Crippen molar-refractivity contribution < 1.29 is 14.3 Å². The summed E-state index contributed by atoms with van der Waals surface area (Å²) >= 11 is 6.26. The number of aromatic nitrogens is 1. The number of hydrogen-bond donors (Lipinski definition) is 1. The highest BCUT2D eigenvalue weighted by molar-refractivity contribution is 6.31. The van der Waals surface area contributed by atoms with Gasteiger partial charge in [0.15, 0.2) is 11.5 Å². The van der Waals surface area contributed by atoms with E-state index < -0.39 is 0 Å². The molecule has 1 fully saturated rings. The molecule has 178 valence electrons. The van der Waals surface area contributed by atoms with Gasteiger partial charge in [0, 0.05) is 54.7 Å². The zero-order chi connectivity index (χ0) is 23.9. The van der Waals surface area contributed by atoms with Gasteiger partial charge in [0.2, 0.25) is 0 Å². The number of likely N-dealkylation sites (N-methyl/N-ethyl adjacent to an activating group) is 1. The maximum absolute atomic E-state index is 13.2. The first-order valence-electron chi connectivity index (χ1n) is 11.4. The van der Waals surface area contributed by atoms with Crippen LogP contribution >= 0.6 is 11.6 Å². The number of carbonyl (C=O) groups is 1. The minimum absolute atomic E-state index is 0.239. The molecular weight excluding hydrogens is 452 g/mol. The molecule has 0 spiro atoms. The minimum atomic E-state index is -0.239. The van der Waals surface area contributed by atoms with Crippen LogP contribution in [-0.2, 0) is 6.61 Å². The third-order valence-corrected chi connectivity index (χ3v) is 5.91. The van der Waals surface area contributed by atoms with Crippen molar-refractivity contribution in [2.24, 2.45) is 0 Å². The number of rotatable bonds is 8. The van der Waals surface area contributed by atoms with Gasteiger partial charge in [-0.05, 0) is 56.4 Å². The number of nitrogens with one attached hydrogen (secondary N) is 1. The fourth-order valence-corrected chi connectivity index (χ4v) is 3.98. The lowest BCUT2D eigenvalue weighted by molar-refractivity contribution is 0.102. The second-order valence-electron chi connectivity index (χ2n) is 8.15. The van der Waals surface area contributed by atoms with Gasteiger partial charge in [0.1, 0.15) is 6.61 Å². The highest BCUT2D eigenvalue weighted by atomic mass is 35.5. The monoisotopic (exact) mass is 480 g/mol. The molecule has 0 aliphatic carbocycles. The molecule has 1 aromatic heterocycles. The molecule has 1 N–H and O–H groups in total. The Balaban J connectivity index is 1.51. The quantitative estimate of drug-likeness (QED) is 0.503. The van der Waals surface area contributed by atoms with Gasteiger partial charge in [-0.1, -0.05) is 17.7 Å². The van der Waals surface area contributed by atoms with Crippen LogP contribution in [0.1, 0.15) is 22.8 Å². The number of benzene rings is 2. The summed E-state index contributed by atoms with van der Waals surface area (Å²) in [6, 6.07) is 14.6.